The molecule has 0 aliphatic heterocycles. The molecule has 3 rings (SSSR count). The lowest BCUT2D eigenvalue weighted by Gasteiger charge is -2.03. The van der Waals surface area contributed by atoms with E-state index < -0.39 is 0 Å². The van der Waals surface area contributed by atoms with Gasteiger partial charge >= 0.3 is 0 Å². The number of benzene rings is 1. The number of rotatable bonds is 6. The SMILES string of the molecule is COc1ccc(-c2cnc(CCNC3CC3)o2)c(F)c1. The molecule has 0 radical (unpaired) electrons. The second-order valence-corrected chi connectivity index (χ2v) is 4.94. The first-order valence-electron chi connectivity index (χ1n) is 6.78. The fourth-order valence-electron chi connectivity index (χ4n) is 2.04. The summed E-state index contributed by atoms with van der Waals surface area (Å²) in [5, 5.41) is 3.39. The summed E-state index contributed by atoms with van der Waals surface area (Å²) >= 11 is 0. The highest BCUT2D eigenvalue weighted by molar-refractivity contribution is 5.58. The fraction of sp³-hybridized carbons (Fsp3) is 0.400. The minimum Gasteiger partial charge on any atom is -0.497 e. The first-order chi connectivity index (χ1) is 9.76. The van der Waals surface area contributed by atoms with Gasteiger partial charge in [-0.3, -0.25) is 0 Å². The van der Waals surface area contributed by atoms with Gasteiger partial charge < -0.3 is 14.5 Å². The van der Waals surface area contributed by atoms with E-state index in [2.05, 4.69) is 10.3 Å². The second-order valence-electron chi connectivity index (χ2n) is 4.94. The number of nitrogens with one attached hydrogen (secondary N) is 1. The van der Waals surface area contributed by atoms with E-state index in [0.29, 0.717) is 35.4 Å². The highest BCUT2D eigenvalue weighted by Crippen LogP contribution is 2.27. The molecule has 1 heterocycles. The topological polar surface area (TPSA) is 47.3 Å². The Morgan fingerprint density at radius 1 is 1.45 bits per heavy atom. The van der Waals surface area contributed by atoms with Crippen molar-refractivity contribution in [2.24, 2.45) is 0 Å². The van der Waals surface area contributed by atoms with Crippen LogP contribution in [0.1, 0.15) is 18.7 Å². The van der Waals surface area contributed by atoms with E-state index in [9.17, 15) is 4.39 Å². The molecule has 4 nitrogen and oxygen atoms in total. The van der Waals surface area contributed by atoms with Crippen LogP contribution >= 0.6 is 0 Å². The summed E-state index contributed by atoms with van der Waals surface area (Å²) in [5.41, 5.74) is 0.403. The maximum absolute atomic E-state index is 13.9. The maximum atomic E-state index is 13.9. The predicted octanol–water partition coefficient (Wildman–Crippen LogP) is 2.78. The smallest absolute Gasteiger partial charge is 0.196 e. The second kappa shape index (κ2) is 5.63. The molecular formula is C15H17FN2O2. The summed E-state index contributed by atoms with van der Waals surface area (Å²) in [4.78, 5) is 4.19. The third-order valence-corrected chi connectivity index (χ3v) is 3.34. The molecule has 0 spiro atoms. The fourth-order valence-corrected chi connectivity index (χ4v) is 2.04. The van der Waals surface area contributed by atoms with Gasteiger partial charge in [0, 0.05) is 25.1 Å². The average molecular weight is 276 g/mol. The van der Waals surface area contributed by atoms with Crippen molar-refractivity contribution < 1.29 is 13.5 Å². The van der Waals surface area contributed by atoms with E-state index >= 15 is 0 Å². The molecule has 1 aromatic heterocycles. The zero-order valence-electron chi connectivity index (χ0n) is 11.4. The van der Waals surface area contributed by atoms with Crippen LogP contribution in [0.5, 0.6) is 5.75 Å². The van der Waals surface area contributed by atoms with Crippen LogP contribution in [0, 0.1) is 5.82 Å². The van der Waals surface area contributed by atoms with E-state index in [1.807, 2.05) is 0 Å². The van der Waals surface area contributed by atoms with Crippen LogP contribution in [-0.2, 0) is 6.42 Å². The molecule has 0 amide bonds. The normalized spacial score (nSPS) is 14.5. The Labute approximate surface area is 117 Å². The number of oxazole rings is 1. The van der Waals surface area contributed by atoms with Gasteiger partial charge in [0.25, 0.3) is 0 Å². The molecule has 106 valence electrons. The van der Waals surface area contributed by atoms with E-state index in [-0.39, 0.29) is 5.82 Å². The Morgan fingerprint density at radius 3 is 3.00 bits per heavy atom. The van der Waals surface area contributed by atoms with Crippen LogP contribution in [0.25, 0.3) is 11.3 Å². The summed E-state index contributed by atoms with van der Waals surface area (Å²) < 4.78 is 24.5. The number of hydrogen-bond acceptors (Lipinski definition) is 4. The van der Waals surface area contributed by atoms with Gasteiger partial charge in [-0.15, -0.1) is 0 Å². The van der Waals surface area contributed by atoms with Crippen molar-refractivity contribution in [1.29, 1.82) is 0 Å². The predicted molar refractivity (Wildman–Crippen MR) is 73.2 cm³/mol. The lowest BCUT2D eigenvalue weighted by molar-refractivity contribution is 0.411. The summed E-state index contributed by atoms with van der Waals surface area (Å²) in [6.45, 7) is 0.843. The lowest BCUT2D eigenvalue weighted by Crippen LogP contribution is -2.19. The van der Waals surface area contributed by atoms with E-state index in [4.69, 9.17) is 9.15 Å². The van der Waals surface area contributed by atoms with Crippen molar-refractivity contribution in [2.45, 2.75) is 25.3 Å². The van der Waals surface area contributed by atoms with Crippen molar-refractivity contribution in [3.63, 3.8) is 0 Å². The Morgan fingerprint density at radius 2 is 2.30 bits per heavy atom. The first kappa shape index (κ1) is 13.1. The number of methoxy groups -OCH3 is 1. The molecule has 1 aliphatic carbocycles. The molecule has 1 fully saturated rings. The highest BCUT2D eigenvalue weighted by Gasteiger charge is 2.20. The minimum absolute atomic E-state index is 0.372. The van der Waals surface area contributed by atoms with Gasteiger partial charge in [-0.2, -0.15) is 0 Å². The standard InChI is InChI=1S/C15H17FN2O2/c1-19-11-4-5-12(13(16)8-11)14-9-18-15(20-14)6-7-17-10-2-3-10/h4-5,8-10,17H,2-3,6-7H2,1H3. The van der Waals surface area contributed by atoms with Gasteiger partial charge in [0.2, 0.25) is 0 Å². The number of hydrogen-bond donors (Lipinski definition) is 1. The van der Waals surface area contributed by atoms with Crippen LogP contribution in [0.15, 0.2) is 28.8 Å². The van der Waals surface area contributed by atoms with Crippen LogP contribution in [0.4, 0.5) is 4.39 Å². The Bertz CT molecular complexity index is 593. The number of nitrogens with zero attached hydrogens (tertiary/aromatic N) is 1. The van der Waals surface area contributed by atoms with Gasteiger partial charge in [-0.25, -0.2) is 9.37 Å². The molecule has 1 N–H and O–H groups in total. The Hall–Kier alpha value is -1.88. The summed E-state index contributed by atoms with van der Waals surface area (Å²) in [5.74, 6) is 1.19. The van der Waals surface area contributed by atoms with Gasteiger partial charge in [0.15, 0.2) is 11.7 Å². The first-order valence-corrected chi connectivity index (χ1v) is 6.78. The lowest BCUT2D eigenvalue weighted by atomic mass is 10.1. The quantitative estimate of drug-likeness (QED) is 0.881. The maximum Gasteiger partial charge on any atom is 0.196 e. The molecule has 0 unspecified atom stereocenters. The highest BCUT2D eigenvalue weighted by atomic mass is 19.1. The number of aromatic nitrogens is 1. The monoisotopic (exact) mass is 276 g/mol. The van der Waals surface area contributed by atoms with Crippen LogP contribution < -0.4 is 10.1 Å². The molecule has 5 heteroatoms. The molecule has 1 aliphatic rings. The number of ether oxygens (including phenoxy) is 1. The molecule has 1 saturated carbocycles. The molecule has 1 aromatic carbocycles. The van der Waals surface area contributed by atoms with Crippen molar-refractivity contribution in [3.8, 4) is 17.1 Å². The Balaban J connectivity index is 1.68. The zero-order chi connectivity index (χ0) is 13.9. The van der Waals surface area contributed by atoms with E-state index in [1.54, 1.807) is 18.3 Å². The molecule has 0 bridgehead atoms. The van der Waals surface area contributed by atoms with Gasteiger partial charge in [0.1, 0.15) is 11.6 Å². The van der Waals surface area contributed by atoms with Gasteiger partial charge in [-0.1, -0.05) is 0 Å². The number of halogens is 1. The third kappa shape index (κ3) is 2.99. The largest absolute Gasteiger partial charge is 0.497 e. The van der Waals surface area contributed by atoms with Crippen molar-refractivity contribution >= 4 is 0 Å². The Kier molecular flexibility index (Phi) is 3.69. The molecule has 0 atom stereocenters. The molecule has 0 saturated heterocycles. The summed E-state index contributed by atoms with van der Waals surface area (Å²) in [6, 6.07) is 5.35. The zero-order valence-corrected chi connectivity index (χ0v) is 11.4. The van der Waals surface area contributed by atoms with Crippen molar-refractivity contribution in [1.82, 2.24) is 10.3 Å². The van der Waals surface area contributed by atoms with Crippen molar-refractivity contribution in [2.75, 3.05) is 13.7 Å². The minimum atomic E-state index is -0.372. The molecule has 2 aromatic rings. The third-order valence-electron chi connectivity index (χ3n) is 3.34. The molecule has 20 heavy (non-hydrogen) atoms. The van der Waals surface area contributed by atoms with E-state index in [0.717, 1.165) is 6.54 Å². The van der Waals surface area contributed by atoms with Gasteiger partial charge in [0.05, 0.1) is 18.9 Å². The summed E-state index contributed by atoms with van der Waals surface area (Å²) in [6.07, 6.45) is 4.80. The van der Waals surface area contributed by atoms with Gasteiger partial charge in [-0.05, 0) is 25.0 Å². The van der Waals surface area contributed by atoms with Crippen molar-refractivity contribution in [3.05, 3.63) is 36.1 Å². The van der Waals surface area contributed by atoms with E-state index in [1.165, 1.54) is 26.0 Å². The van der Waals surface area contributed by atoms with Crippen LogP contribution in [-0.4, -0.2) is 24.7 Å². The van der Waals surface area contributed by atoms with Crippen LogP contribution in [0.2, 0.25) is 0 Å². The van der Waals surface area contributed by atoms with Crippen LogP contribution in [0.3, 0.4) is 0 Å². The summed E-state index contributed by atoms with van der Waals surface area (Å²) in [7, 11) is 1.51. The average Bonchev–Trinajstić information content (AvgIpc) is 3.16. The molecular weight excluding hydrogens is 259 g/mol.